The summed E-state index contributed by atoms with van der Waals surface area (Å²) in [5.74, 6) is -0.535. The van der Waals surface area contributed by atoms with Crippen molar-refractivity contribution < 1.29 is 14.3 Å². The number of amides is 2. The maximum atomic E-state index is 11.9. The monoisotopic (exact) mass is 228 g/mol. The number of carbonyl (C=O) groups is 2. The van der Waals surface area contributed by atoms with Crippen molar-refractivity contribution in [2.24, 2.45) is 5.92 Å². The lowest BCUT2D eigenvalue weighted by Crippen LogP contribution is -2.44. The van der Waals surface area contributed by atoms with Gasteiger partial charge in [0.2, 0.25) is 0 Å². The van der Waals surface area contributed by atoms with Crippen molar-refractivity contribution in [1.29, 1.82) is 0 Å². The van der Waals surface area contributed by atoms with Gasteiger partial charge in [0, 0.05) is 26.7 Å². The first-order chi connectivity index (χ1) is 7.47. The zero-order chi connectivity index (χ0) is 12.3. The van der Waals surface area contributed by atoms with Crippen LogP contribution < -0.4 is 0 Å². The van der Waals surface area contributed by atoms with Crippen molar-refractivity contribution in [2.45, 2.75) is 25.8 Å². The summed E-state index contributed by atoms with van der Waals surface area (Å²) in [5.41, 5.74) is 0. The predicted octanol–water partition coefficient (Wildman–Crippen LogP) is 0.941. The first-order valence-electron chi connectivity index (χ1n) is 5.53. The Bertz CT molecular complexity index is 274. The van der Waals surface area contributed by atoms with Gasteiger partial charge in [-0.25, -0.2) is 4.79 Å². The molecule has 1 saturated carbocycles. The minimum absolute atomic E-state index is 0.0294. The quantitative estimate of drug-likeness (QED) is 0.673. The fourth-order valence-electron chi connectivity index (χ4n) is 1.60. The maximum Gasteiger partial charge on any atom is 0.319 e. The van der Waals surface area contributed by atoms with Gasteiger partial charge in [-0.05, 0) is 12.8 Å². The van der Waals surface area contributed by atoms with E-state index in [0.29, 0.717) is 12.6 Å². The van der Waals surface area contributed by atoms with E-state index in [4.69, 9.17) is 0 Å². The van der Waals surface area contributed by atoms with E-state index in [1.54, 1.807) is 30.8 Å². The summed E-state index contributed by atoms with van der Waals surface area (Å²) >= 11 is 0. The van der Waals surface area contributed by atoms with Crippen LogP contribution in [0.1, 0.15) is 19.8 Å². The second-order valence-electron chi connectivity index (χ2n) is 4.48. The van der Waals surface area contributed by atoms with Crippen molar-refractivity contribution in [3.8, 4) is 0 Å². The van der Waals surface area contributed by atoms with E-state index in [0.717, 1.165) is 12.8 Å². The third-order valence-electron chi connectivity index (χ3n) is 2.69. The van der Waals surface area contributed by atoms with Gasteiger partial charge in [-0.15, -0.1) is 0 Å². The van der Waals surface area contributed by atoms with Crippen LogP contribution in [0.15, 0.2) is 0 Å². The van der Waals surface area contributed by atoms with E-state index in [1.807, 2.05) is 0 Å². The van der Waals surface area contributed by atoms with Crippen LogP contribution in [0, 0.1) is 5.92 Å². The summed E-state index contributed by atoms with van der Waals surface area (Å²) in [5, 5.41) is 0. The zero-order valence-corrected chi connectivity index (χ0v) is 10.4. The molecule has 92 valence electrons. The van der Waals surface area contributed by atoms with Crippen LogP contribution in [-0.4, -0.2) is 55.6 Å². The van der Waals surface area contributed by atoms with Crippen molar-refractivity contribution in [3.05, 3.63) is 0 Å². The normalized spacial score (nSPS) is 16.5. The highest BCUT2D eigenvalue weighted by Crippen LogP contribution is 2.28. The van der Waals surface area contributed by atoms with Gasteiger partial charge in [-0.1, -0.05) is 6.92 Å². The fraction of sp³-hybridized carbons (Fsp3) is 0.818. The smallest absolute Gasteiger partial charge is 0.319 e. The van der Waals surface area contributed by atoms with Gasteiger partial charge >= 0.3 is 12.0 Å². The van der Waals surface area contributed by atoms with Crippen LogP contribution in [0.3, 0.4) is 0 Å². The van der Waals surface area contributed by atoms with Crippen LogP contribution in [0.25, 0.3) is 0 Å². The number of hydrogen-bond donors (Lipinski definition) is 0. The van der Waals surface area contributed by atoms with Crippen LogP contribution >= 0.6 is 0 Å². The Kier molecular flexibility index (Phi) is 4.15. The third-order valence-corrected chi connectivity index (χ3v) is 2.69. The number of carbonyl (C=O) groups excluding carboxylic acids is 2. The first-order valence-corrected chi connectivity index (χ1v) is 5.53. The minimum atomic E-state index is -0.269. The third kappa shape index (κ3) is 3.12. The Morgan fingerprint density at radius 1 is 1.38 bits per heavy atom. The zero-order valence-electron chi connectivity index (χ0n) is 10.4. The molecule has 1 aliphatic carbocycles. The number of urea groups is 1. The molecule has 16 heavy (non-hydrogen) atoms. The predicted molar refractivity (Wildman–Crippen MR) is 60.0 cm³/mol. The van der Waals surface area contributed by atoms with Crippen LogP contribution in [0.2, 0.25) is 0 Å². The standard InChI is InChI=1S/C11H20N2O3/c1-8(10(14)16-4)7-13(9-5-6-9)11(15)12(2)3/h8-9H,5-7H2,1-4H3/t8-/m0/s1. The van der Waals surface area contributed by atoms with E-state index < -0.39 is 0 Å². The number of ether oxygens (including phenoxy) is 1. The molecular formula is C11H20N2O3. The molecule has 0 saturated heterocycles. The Morgan fingerprint density at radius 2 is 1.94 bits per heavy atom. The van der Waals surface area contributed by atoms with Crippen LogP contribution in [0.4, 0.5) is 4.79 Å². The van der Waals surface area contributed by atoms with Gasteiger partial charge in [0.15, 0.2) is 0 Å². The molecule has 0 aromatic heterocycles. The molecule has 0 unspecified atom stereocenters. The van der Waals surface area contributed by atoms with Crippen LogP contribution in [0.5, 0.6) is 0 Å². The SMILES string of the molecule is COC(=O)[C@@H](C)CN(C(=O)N(C)C)C1CC1. The van der Waals surface area contributed by atoms with Gasteiger partial charge in [0.25, 0.3) is 0 Å². The Labute approximate surface area is 96.3 Å². The van der Waals surface area contributed by atoms with Gasteiger partial charge in [-0.3, -0.25) is 4.79 Å². The fourth-order valence-corrected chi connectivity index (χ4v) is 1.60. The van der Waals surface area contributed by atoms with Crippen molar-refractivity contribution in [2.75, 3.05) is 27.7 Å². The molecule has 0 N–H and O–H groups in total. The molecule has 1 fully saturated rings. The minimum Gasteiger partial charge on any atom is -0.469 e. The lowest BCUT2D eigenvalue weighted by molar-refractivity contribution is -0.145. The average molecular weight is 228 g/mol. The molecule has 1 rings (SSSR count). The Hall–Kier alpha value is -1.26. The van der Waals surface area contributed by atoms with E-state index >= 15 is 0 Å². The Morgan fingerprint density at radius 3 is 2.31 bits per heavy atom. The topological polar surface area (TPSA) is 49.9 Å². The molecule has 0 aromatic carbocycles. The molecule has 0 bridgehead atoms. The molecule has 5 heteroatoms. The van der Waals surface area contributed by atoms with E-state index in [2.05, 4.69) is 4.74 Å². The summed E-state index contributed by atoms with van der Waals surface area (Å²) < 4.78 is 4.66. The molecule has 0 heterocycles. The van der Waals surface area contributed by atoms with Gasteiger partial charge in [-0.2, -0.15) is 0 Å². The Balaban J connectivity index is 2.58. The molecule has 0 spiro atoms. The number of methoxy groups -OCH3 is 1. The molecule has 1 aliphatic rings. The van der Waals surface area contributed by atoms with Gasteiger partial charge in [0.05, 0.1) is 13.0 Å². The molecule has 0 aliphatic heterocycles. The summed E-state index contributed by atoms with van der Waals surface area (Å²) in [6.07, 6.45) is 2.07. The molecule has 5 nitrogen and oxygen atoms in total. The number of hydrogen-bond acceptors (Lipinski definition) is 3. The molecule has 0 radical (unpaired) electrons. The first kappa shape index (κ1) is 12.8. The summed E-state index contributed by atoms with van der Waals surface area (Å²) in [6.45, 7) is 2.22. The highest BCUT2D eigenvalue weighted by atomic mass is 16.5. The lowest BCUT2D eigenvalue weighted by atomic mass is 10.1. The van der Waals surface area contributed by atoms with Gasteiger partial charge in [0.1, 0.15) is 0 Å². The van der Waals surface area contributed by atoms with Crippen LogP contribution in [-0.2, 0) is 9.53 Å². The summed E-state index contributed by atoms with van der Waals surface area (Å²) in [7, 11) is 4.81. The number of nitrogens with zero attached hydrogens (tertiary/aromatic N) is 2. The summed E-state index contributed by atoms with van der Waals surface area (Å²) in [4.78, 5) is 26.5. The highest BCUT2D eigenvalue weighted by Gasteiger charge is 2.35. The lowest BCUT2D eigenvalue weighted by Gasteiger charge is -2.27. The van der Waals surface area contributed by atoms with E-state index in [-0.39, 0.29) is 17.9 Å². The van der Waals surface area contributed by atoms with E-state index in [1.165, 1.54) is 7.11 Å². The van der Waals surface area contributed by atoms with Crippen molar-refractivity contribution in [1.82, 2.24) is 9.80 Å². The average Bonchev–Trinajstić information content (AvgIpc) is 3.06. The number of esters is 1. The second-order valence-corrected chi connectivity index (χ2v) is 4.48. The second kappa shape index (κ2) is 5.18. The highest BCUT2D eigenvalue weighted by molar-refractivity contribution is 5.76. The summed E-state index contributed by atoms with van der Waals surface area (Å²) in [6, 6.07) is 0.278. The molecule has 1 atom stereocenters. The molecular weight excluding hydrogens is 208 g/mol. The van der Waals surface area contributed by atoms with Crippen molar-refractivity contribution in [3.63, 3.8) is 0 Å². The molecule has 2 amide bonds. The van der Waals surface area contributed by atoms with E-state index in [9.17, 15) is 9.59 Å². The number of rotatable bonds is 4. The maximum absolute atomic E-state index is 11.9. The van der Waals surface area contributed by atoms with Crippen molar-refractivity contribution >= 4 is 12.0 Å². The largest absolute Gasteiger partial charge is 0.469 e. The molecule has 0 aromatic rings. The van der Waals surface area contributed by atoms with Gasteiger partial charge < -0.3 is 14.5 Å².